The lowest BCUT2D eigenvalue weighted by Crippen LogP contribution is -2.32. The molecule has 0 fully saturated rings. The van der Waals surface area contributed by atoms with Gasteiger partial charge in [-0.2, -0.15) is 0 Å². The average Bonchev–Trinajstić information content (AvgIpc) is 2.59. The molecule has 1 aromatic carbocycles. The second-order valence-corrected chi connectivity index (χ2v) is 7.08. The minimum absolute atomic E-state index is 0. The van der Waals surface area contributed by atoms with Gasteiger partial charge in [-0.3, -0.25) is 4.99 Å². The van der Waals surface area contributed by atoms with Gasteiger partial charge in [-0.25, -0.2) is 13.1 Å². The van der Waals surface area contributed by atoms with Gasteiger partial charge in [0.05, 0.1) is 26.0 Å². The predicted molar refractivity (Wildman–Crippen MR) is 117 cm³/mol. The molecule has 1 aromatic rings. The molecule has 0 atom stereocenters. The van der Waals surface area contributed by atoms with Gasteiger partial charge in [0.25, 0.3) is 0 Å². The standard InChI is InChI=1S/C16H28N4O4S.HI/c1-5-17-16(18-10-11-19-25(21,22)7-3)20-13-8-9-14(23-4)15(12-13)24-6-2;/h8-9,12,19H,5-7,10-11H2,1-4H3,(H2,17,18,20);1H. The van der Waals surface area contributed by atoms with Crippen molar-refractivity contribution in [2.45, 2.75) is 20.8 Å². The number of halogens is 1. The second kappa shape index (κ2) is 13.0. The monoisotopic (exact) mass is 500 g/mol. The molecule has 0 aliphatic carbocycles. The molecule has 0 amide bonds. The van der Waals surface area contributed by atoms with Crippen LogP contribution < -0.4 is 24.8 Å². The first-order valence-electron chi connectivity index (χ1n) is 8.29. The summed E-state index contributed by atoms with van der Waals surface area (Å²) in [5.74, 6) is 1.91. The Hall–Kier alpha value is -1.27. The Morgan fingerprint density at radius 1 is 1.19 bits per heavy atom. The summed E-state index contributed by atoms with van der Waals surface area (Å²) < 4.78 is 36.1. The minimum atomic E-state index is -3.20. The largest absolute Gasteiger partial charge is 0.493 e. The Kier molecular flexibility index (Phi) is 12.3. The van der Waals surface area contributed by atoms with Gasteiger partial charge in [0.1, 0.15) is 0 Å². The van der Waals surface area contributed by atoms with Crippen LogP contribution in [-0.4, -0.2) is 53.5 Å². The lowest BCUT2D eigenvalue weighted by atomic mass is 10.2. The molecule has 8 nitrogen and oxygen atoms in total. The highest BCUT2D eigenvalue weighted by atomic mass is 127. The number of anilines is 1. The van der Waals surface area contributed by atoms with E-state index in [1.165, 1.54) is 0 Å². The van der Waals surface area contributed by atoms with E-state index in [9.17, 15) is 8.42 Å². The van der Waals surface area contributed by atoms with Crippen molar-refractivity contribution in [2.24, 2.45) is 4.99 Å². The third-order valence-electron chi connectivity index (χ3n) is 3.15. The van der Waals surface area contributed by atoms with E-state index < -0.39 is 10.0 Å². The van der Waals surface area contributed by atoms with Crippen molar-refractivity contribution < 1.29 is 17.9 Å². The topological polar surface area (TPSA) is 101 Å². The Labute approximate surface area is 173 Å². The molecule has 0 spiro atoms. The first kappa shape index (κ1) is 24.7. The minimum Gasteiger partial charge on any atom is -0.493 e. The number of guanidine groups is 1. The number of benzene rings is 1. The van der Waals surface area contributed by atoms with E-state index >= 15 is 0 Å². The first-order valence-corrected chi connectivity index (χ1v) is 9.94. The highest BCUT2D eigenvalue weighted by Crippen LogP contribution is 2.30. The van der Waals surface area contributed by atoms with Crippen LogP contribution in [0.25, 0.3) is 0 Å². The van der Waals surface area contributed by atoms with Gasteiger partial charge < -0.3 is 20.1 Å². The van der Waals surface area contributed by atoms with Gasteiger partial charge >= 0.3 is 0 Å². The molecule has 10 heteroatoms. The van der Waals surface area contributed by atoms with Crippen LogP contribution in [-0.2, 0) is 10.0 Å². The molecule has 0 aromatic heterocycles. The third-order valence-corrected chi connectivity index (χ3v) is 4.56. The fourth-order valence-corrected chi connectivity index (χ4v) is 2.54. The van der Waals surface area contributed by atoms with E-state index in [1.807, 2.05) is 32.0 Å². The molecule has 0 unspecified atom stereocenters. The fourth-order valence-electron chi connectivity index (χ4n) is 1.94. The van der Waals surface area contributed by atoms with Crippen LogP contribution >= 0.6 is 24.0 Å². The summed E-state index contributed by atoms with van der Waals surface area (Å²) in [7, 11) is -1.61. The number of nitrogens with zero attached hydrogens (tertiary/aromatic N) is 1. The Morgan fingerprint density at radius 3 is 2.50 bits per heavy atom. The number of sulfonamides is 1. The van der Waals surface area contributed by atoms with Gasteiger partial charge in [0.15, 0.2) is 17.5 Å². The summed E-state index contributed by atoms with van der Waals surface area (Å²) in [6.45, 7) is 7.24. The number of hydrogen-bond donors (Lipinski definition) is 3. The molecular formula is C16H29IN4O4S. The predicted octanol–water partition coefficient (Wildman–Crippen LogP) is 2.03. The highest BCUT2D eigenvalue weighted by molar-refractivity contribution is 14.0. The van der Waals surface area contributed by atoms with Gasteiger partial charge in [0.2, 0.25) is 10.0 Å². The first-order chi connectivity index (χ1) is 12.0. The molecule has 26 heavy (non-hydrogen) atoms. The van der Waals surface area contributed by atoms with Crippen LogP contribution in [0.3, 0.4) is 0 Å². The molecule has 0 aliphatic heterocycles. The normalized spacial score (nSPS) is 11.5. The second-order valence-electron chi connectivity index (χ2n) is 4.98. The Bertz CT molecular complexity index is 668. The number of aliphatic imine (C=N–C) groups is 1. The van der Waals surface area contributed by atoms with Crippen LogP contribution in [0, 0.1) is 0 Å². The average molecular weight is 500 g/mol. The van der Waals surface area contributed by atoms with Crippen molar-refractivity contribution in [1.82, 2.24) is 10.0 Å². The van der Waals surface area contributed by atoms with Crippen molar-refractivity contribution in [2.75, 3.05) is 44.4 Å². The van der Waals surface area contributed by atoms with Crippen molar-refractivity contribution >= 4 is 45.6 Å². The maximum absolute atomic E-state index is 11.4. The lowest BCUT2D eigenvalue weighted by Gasteiger charge is -2.14. The SMILES string of the molecule is CCNC(=NCCNS(=O)(=O)CC)Nc1ccc(OC)c(OCC)c1.I. The molecule has 0 aliphatic rings. The van der Waals surface area contributed by atoms with E-state index in [0.717, 1.165) is 5.69 Å². The van der Waals surface area contributed by atoms with Crippen molar-refractivity contribution in [3.63, 3.8) is 0 Å². The van der Waals surface area contributed by atoms with Crippen molar-refractivity contribution in [3.8, 4) is 11.5 Å². The van der Waals surface area contributed by atoms with Crippen LogP contribution in [0.4, 0.5) is 5.69 Å². The number of ether oxygens (including phenoxy) is 2. The number of hydrogen-bond acceptors (Lipinski definition) is 5. The molecule has 0 radical (unpaired) electrons. The Balaban J connectivity index is 0.00000625. The van der Waals surface area contributed by atoms with Crippen molar-refractivity contribution in [3.05, 3.63) is 18.2 Å². The summed E-state index contributed by atoms with van der Waals surface area (Å²) in [5.41, 5.74) is 0.790. The third kappa shape index (κ3) is 8.90. The van der Waals surface area contributed by atoms with E-state index in [1.54, 1.807) is 14.0 Å². The van der Waals surface area contributed by atoms with Gasteiger partial charge in [-0.1, -0.05) is 0 Å². The fraction of sp³-hybridized carbons (Fsp3) is 0.562. The Morgan fingerprint density at radius 2 is 1.92 bits per heavy atom. The summed E-state index contributed by atoms with van der Waals surface area (Å²) in [5, 5.41) is 6.28. The summed E-state index contributed by atoms with van der Waals surface area (Å²) in [6, 6.07) is 5.50. The quantitative estimate of drug-likeness (QED) is 0.197. The van der Waals surface area contributed by atoms with Crippen LogP contribution in [0.1, 0.15) is 20.8 Å². The van der Waals surface area contributed by atoms with Gasteiger partial charge in [0, 0.05) is 24.8 Å². The van der Waals surface area contributed by atoms with E-state index in [4.69, 9.17) is 9.47 Å². The zero-order valence-electron chi connectivity index (χ0n) is 15.7. The van der Waals surface area contributed by atoms with Gasteiger partial charge in [-0.15, -0.1) is 24.0 Å². The molecule has 0 bridgehead atoms. The number of rotatable bonds is 10. The van der Waals surface area contributed by atoms with Crippen LogP contribution in [0.5, 0.6) is 11.5 Å². The zero-order chi connectivity index (χ0) is 18.7. The maximum Gasteiger partial charge on any atom is 0.211 e. The summed E-state index contributed by atoms with van der Waals surface area (Å²) in [6.07, 6.45) is 0. The smallest absolute Gasteiger partial charge is 0.211 e. The van der Waals surface area contributed by atoms with Crippen LogP contribution in [0.15, 0.2) is 23.2 Å². The molecule has 0 heterocycles. The lowest BCUT2D eigenvalue weighted by molar-refractivity contribution is 0.311. The molecular weight excluding hydrogens is 471 g/mol. The molecule has 0 saturated carbocycles. The molecule has 150 valence electrons. The van der Waals surface area contributed by atoms with Gasteiger partial charge in [-0.05, 0) is 32.9 Å². The number of nitrogens with one attached hydrogen (secondary N) is 3. The van der Waals surface area contributed by atoms with E-state index in [2.05, 4.69) is 20.3 Å². The highest BCUT2D eigenvalue weighted by Gasteiger charge is 2.07. The van der Waals surface area contributed by atoms with E-state index in [-0.39, 0.29) is 36.3 Å². The molecule has 3 N–H and O–H groups in total. The van der Waals surface area contributed by atoms with E-state index in [0.29, 0.717) is 37.2 Å². The summed E-state index contributed by atoms with van der Waals surface area (Å²) >= 11 is 0. The summed E-state index contributed by atoms with van der Waals surface area (Å²) in [4.78, 5) is 4.36. The maximum atomic E-state index is 11.4. The molecule has 1 rings (SSSR count). The zero-order valence-corrected chi connectivity index (χ0v) is 18.8. The number of methoxy groups -OCH3 is 1. The molecule has 0 saturated heterocycles. The van der Waals surface area contributed by atoms with Crippen LogP contribution in [0.2, 0.25) is 0 Å². The van der Waals surface area contributed by atoms with Crippen molar-refractivity contribution in [1.29, 1.82) is 0 Å².